The summed E-state index contributed by atoms with van der Waals surface area (Å²) in [6.45, 7) is 4.11. The van der Waals surface area contributed by atoms with E-state index in [1.807, 2.05) is 6.07 Å². The van der Waals surface area contributed by atoms with Gasteiger partial charge in [0.25, 0.3) is 0 Å². The highest BCUT2D eigenvalue weighted by Crippen LogP contribution is 2.49. The van der Waals surface area contributed by atoms with Crippen molar-refractivity contribution in [2.24, 2.45) is 5.92 Å². The van der Waals surface area contributed by atoms with Crippen molar-refractivity contribution < 1.29 is 13.9 Å². The van der Waals surface area contributed by atoms with Gasteiger partial charge in [0.15, 0.2) is 0 Å². The standard InChI is InChI=1S/C22H24O4S/c1-3-15(10-14-8-9-25-12-14)18-11-17(23)21(22(24)26-18)20(16-5-6-16)19-7-4-13(2)27-19/h4,7-9,11-12,15-16,20,23H,3,5-6,10H2,1-2H3. The quantitative estimate of drug-likeness (QED) is 0.577. The lowest BCUT2D eigenvalue weighted by Crippen LogP contribution is -2.17. The van der Waals surface area contributed by atoms with Crippen LogP contribution < -0.4 is 5.63 Å². The lowest BCUT2D eigenvalue weighted by molar-refractivity contribution is 0.379. The van der Waals surface area contributed by atoms with Crippen molar-refractivity contribution in [2.45, 2.75) is 51.4 Å². The molecule has 1 N–H and O–H groups in total. The Morgan fingerprint density at radius 3 is 2.67 bits per heavy atom. The zero-order valence-corrected chi connectivity index (χ0v) is 16.4. The fourth-order valence-electron chi connectivity index (χ4n) is 3.80. The van der Waals surface area contributed by atoms with Crippen LogP contribution in [0.5, 0.6) is 5.75 Å². The van der Waals surface area contributed by atoms with Gasteiger partial charge in [-0.3, -0.25) is 0 Å². The predicted octanol–water partition coefficient (Wildman–Crippen LogP) is 5.59. The lowest BCUT2D eigenvalue weighted by atomic mass is 9.91. The largest absolute Gasteiger partial charge is 0.507 e. The molecule has 4 rings (SSSR count). The minimum absolute atomic E-state index is 0.0265. The van der Waals surface area contributed by atoms with Gasteiger partial charge in [-0.2, -0.15) is 0 Å². The van der Waals surface area contributed by atoms with Crippen LogP contribution in [-0.4, -0.2) is 5.11 Å². The van der Waals surface area contributed by atoms with E-state index in [0.29, 0.717) is 23.7 Å². The van der Waals surface area contributed by atoms with Gasteiger partial charge in [0.2, 0.25) is 0 Å². The minimum Gasteiger partial charge on any atom is -0.507 e. The summed E-state index contributed by atoms with van der Waals surface area (Å²) in [5, 5.41) is 10.8. The summed E-state index contributed by atoms with van der Waals surface area (Å²) in [5.74, 6) is 0.980. The first-order valence-electron chi connectivity index (χ1n) is 9.51. The van der Waals surface area contributed by atoms with Gasteiger partial charge in [0.1, 0.15) is 11.5 Å². The molecule has 1 fully saturated rings. The van der Waals surface area contributed by atoms with Crippen molar-refractivity contribution in [3.8, 4) is 5.75 Å². The van der Waals surface area contributed by atoms with Gasteiger partial charge in [-0.25, -0.2) is 4.79 Å². The average Bonchev–Trinajstić information content (AvgIpc) is 3.16. The monoisotopic (exact) mass is 384 g/mol. The van der Waals surface area contributed by atoms with Gasteiger partial charge in [-0.1, -0.05) is 6.92 Å². The van der Waals surface area contributed by atoms with E-state index in [1.165, 1.54) is 4.88 Å². The summed E-state index contributed by atoms with van der Waals surface area (Å²) >= 11 is 1.69. The predicted molar refractivity (Wildman–Crippen MR) is 106 cm³/mol. The molecule has 0 saturated heterocycles. The molecule has 3 heterocycles. The van der Waals surface area contributed by atoms with Crippen LogP contribution in [-0.2, 0) is 6.42 Å². The molecule has 3 aromatic heterocycles. The molecule has 0 radical (unpaired) electrons. The number of hydrogen-bond acceptors (Lipinski definition) is 5. The molecule has 5 heteroatoms. The van der Waals surface area contributed by atoms with Crippen molar-refractivity contribution >= 4 is 11.3 Å². The van der Waals surface area contributed by atoms with Crippen LogP contribution in [0.25, 0.3) is 0 Å². The highest BCUT2D eigenvalue weighted by Gasteiger charge is 2.38. The molecule has 0 aromatic carbocycles. The maximum Gasteiger partial charge on any atom is 0.343 e. The van der Waals surface area contributed by atoms with Gasteiger partial charge < -0.3 is 13.9 Å². The van der Waals surface area contributed by atoms with Crippen molar-refractivity contribution in [3.05, 3.63) is 73.9 Å². The number of hydrogen-bond donors (Lipinski definition) is 1. The first-order chi connectivity index (χ1) is 13.1. The number of furan rings is 1. The average molecular weight is 384 g/mol. The van der Waals surface area contributed by atoms with Crippen LogP contribution in [0.2, 0.25) is 0 Å². The Hall–Kier alpha value is -2.27. The first-order valence-corrected chi connectivity index (χ1v) is 10.3. The van der Waals surface area contributed by atoms with E-state index in [-0.39, 0.29) is 17.6 Å². The zero-order valence-electron chi connectivity index (χ0n) is 15.6. The third-order valence-electron chi connectivity index (χ3n) is 5.41. The van der Waals surface area contributed by atoms with Crippen LogP contribution in [0.1, 0.15) is 64.7 Å². The second-order valence-electron chi connectivity index (χ2n) is 7.44. The van der Waals surface area contributed by atoms with E-state index < -0.39 is 5.63 Å². The van der Waals surface area contributed by atoms with Crippen LogP contribution in [0, 0.1) is 12.8 Å². The highest BCUT2D eigenvalue weighted by atomic mass is 32.1. The van der Waals surface area contributed by atoms with Gasteiger partial charge in [0.05, 0.1) is 18.1 Å². The normalized spacial score (nSPS) is 16.4. The number of aromatic hydroxyl groups is 1. The van der Waals surface area contributed by atoms with Crippen LogP contribution in [0.15, 0.2) is 50.4 Å². The van der Waals surface area contributed by atoms with E-state index in [0.717, 1.165) is 29.7 Å². The Morgan fingerprint density at radius 1 is 1.30 bits per heavy atom. The molecule has 0 bridgehead atoms. The van der Waals surface area contributed by atoms with Crippen LogP contribution >= 0.6 is 11.3 Å². The van der Waals surface area contributed by atoms with Crippen LogP contribution in [0.3, 0.4) is 0 Å². The lowest BCUT2D eigenvalue weighted by Gasteiger charge is -2.18. The molecule has 27 heavy (non-hydrogen) atoms. The number of thiophene rings is 1. The summed E-state index contributed by atoms with van der Waals surface area (Å²) in [6, 6.07) is 7.71. The summed E-state index contributed by atoms with van der Waals surface area (Å²) in [6.07, 6.45) is 7.04. The molecule has 0 aliphatic heterocycles. The maximum atomic E-state index is 12.9. The topological polar surface area (TPSA) is 63.6 Å². The Bertz CT molecular complexity index is 963. The summed E-state index contributed by atoms with van der Waals surface area (Å²) in [5.41, 5.74) is 1.07. The maximum absolute atomic E-state index is 12.9. The van der Waals surface area contributed by atoms with E-state index >= 15 is 0 Å². The van der Waals surface area contributed by atoms with E-state index in [4.69, 9.17) is 8.83 Å². The SMILES string of the molecule is CCC(Cc1ccoc1)c1cc(O)c(C(c2ccc(C)s2)C2CC2)c(=O)o1. The number of rotatable bonds is 7. The van der Waals surface area contributed by atoms with Gasteiger partial charge >= 0.3 is 5.63 Å². The highest BCUT2D eigenvalue weighted by molar-refractivity contribution is 7.12. The molecule has 3 aromatic rings. The van der Waals surface area contributed by atoms with Crippen molar-refractivity contribution in [2.75, 3.05) is 0 Å². The Morgan fingerprint density at radius 2 is 2.11 bits per heavy atom. The van der Waals surface area contributed by atoms with Crippen molar-refractivity contribution in [1.29, 1.82) is 0 Å². The van der Waals surface area contributed by atoms with Gasteiger partial charge in [-0.15, -0.1) is 11.3 Å². The number of aryl methyl sites for hydroxylation is 1. The fourth-order valence-corrected chi connectivity index (χ4v) is 4.88. The van der Waals surface area contributed by atoms with E-state index in [1.54, 1.807) is 29.9 Å². The molecular weight excluding hydrogens is 360 g/mol. The summed E-state index contributed by atoms with van der Waals surface area (Å²) in [7, 11) is 0. The molecular formula is C22H24O4S. The fraction of sp³-hybridized carbons (Fsp3) is 0.409. The molecule has 0 amide bonds. The van der Waals surface area contributed by atoms with Crippen LogP contribution in [0.4, 0.5) is 0 Å². The molecule has 2 unspecified atom stereocenters. The Balaban J connectivity index is 1.70. The summed E-state index contributed by atoms with van der Waals surface area (Å²) < 4.78 is 10.9. The Labute approximate surface area is 162 Å². The van der Waals surface area contributed by atoms with Crippen molar-refractivity contribution in [3.63, 3.8) is 0 Å². The summed E-state index contributed by atoms with van der Waals surface area (Å²) in [4.78, 5) is 15.2. The molecule has 1 aliphatic carbocycles. The minimum atomic E-state index is -0.404. The molecule has 0 spiro atoms. The second kappa shape index (κ2) is 7.39. The zero-order chi connectivity index (χ0) is 19.0. The third kappa shape index (κ3) is 3.74. The van der Waals surface area contributed by atoms with Gasteiger partial charge in [0, 0.05) is 27.7 Å². The smallest absolute Gasteiger partial charge is 0.343 e. The molecule has 1 aliphatic rings. The van der Waals surface area contributed by atoms with E-state index in [9.17, 15) is 9.90 Å². The Kier molecular flexibility index (Phi) is 4.96. The molecule has 4 nitrogen and oxygen atoms in total. The molecule has 2 atom stereocenters. The van der Waals surface area contributed by atoms with E-state index in [2.05, 4.69) is 26.0 Å². The van der Waals surface area contributed by atoms with Gasteiger partial charge in [-0.05, 0) is 62.3 Å². The molecule has 1 saturated carbocycles. The first kappa shape index (κ1) is 18.1. The second-order valence-corrected chi connectivity index (χ2v) is 8.76. The molecule has 142 valence electrons. The van der Waals surface area contributed by atoms with Crippen molar-refractivity contribution in [1.82, 2.24) is 0 Å². The third-order valence-corrected chi connectivity index (χ3v) is 6.50.